The zero-order valence-electron chi connectivity index (χ0n) is 8.49. The monoisotopic (exact) mass is 256 g/mol. The van der Waals surface area contributed by atoms with Crippen LogP contribution in [0, 0.1) is 12.7 Å². The standard InChI is InChI=1S/C10H9ClF4O/c1-5-3-6(8(12)7(11)4-5)9(2,16)10(13,14)15/h3-4,16H,1-2H3. The van der Waals surface area contributed by atoms with E-state index in [-0.39, 0.29) is 0 Å². The van der Waals surface area contributed by atoms with Gasteiger partial charge in [0.1, 0.15) is 5.82 Å². The SMILES string of the molecule is Cc1cc(Cl)c(F)c(C(C)(O)C(F)(F)F)c1. The van der Waals surface area contributed by atoms with Gasteiger partial charge < -0.3 is 5.11 Å². The van der Waals surface area contributed by atoms with Crippen LogP contribution in [0.2, 0.25) is 5.02 Å². The van der Waals surface area contributed by atoms with Crippen molar-refractivity contribution < 1.29 is 22.7 Å². The summed E-state index contributed by atoms with van der Waals surface area (Å²) in [5.74, 6) is -1.26. The number of aliphatic hydroxyl groups is 1. The molecule has 0 fully saturated rings. The number of hydrogen-bond acceptors (Lipinski definition) is 1. The molecule has 0 spiro atoms. The fourth-order valence-electron chi connectivity index (χ4n) is 1.23. The first-order valence-corrected chi connectivity index (χ1v) is 4.70. The first-order valence-electron chi connectivity index (χ1n) is 4.32. The fraction of sp³-hybridized carbons (Fsp3) is 0.400. The first-order chi connectivity index (χ1) is 7.07. The largest absolute Gasteiger partial charge is 0.421 e. The number of halogens is 5. The number of benzene rings is 1. The second-order valence-corrected chi connectivity index (χ2v) is 4.09. The number of aryl methyl sites for hydroxylation is 1. The van der Waals surface area contributed by atoms with E-state index in [4.69, 9.17) is 11.6 Å². The molecule has 0 aromatic heterocycles. The van der Waals surface area contributed by atoms with Crippen molar-refractivity contribution in [2.75, 3.05) is 0 Å². The highest BCUT2D eigenvalue weighted by molar-refractivity contribution is 6.30. The summed E-state index contributed by atoms with van der Waals surface area (Å²) in [6.07, 6.45) is -4.97. The lowest BCUT2D eigenvalue weighted by molar-refractivity contribution is -0.259. The zero-order chi connectivity index (χ0) is 12.7. The number of alkyl halides is 3. The lowest BCUT2D eigenvalue weighted by atomic mass is 9.93. The maximum atomic E-state index is 13.4. The number of rotatable bonds is 1. The van der Waals surface area contributed by atoms with Crippen LogP contribution in [-0.4, -0.2) is 11.3 Å². The molecule has 1 nitrogen and oxygen atoms in total. The van der Waals surface area contributed by atoms with Crippen LogP contribution in [0.1, 0.15) is 18.1 Å². The van der Waals surface area contributed by atoms with Gasteiger partial charge in [0, 0.05) is 5.56 Å². The van der Waals surface area contributed by atoms with Crippen molar-refractivity contribution in [2.24, 2.45) is 0 Å². The van der Waals surface area contributed by atoms with Crippen molar-refractivity contribution >= 4 is 11.6 Å². The summed E-state index contributed by atoms with van der Waals surface area (Å²) in [7, 11) is 0. The molecule has 1 aromatic rings. The topological polar surface area (TPSA) is 20.2 Å². The van der Waals surface area contributed by atoms with E-state index in [9.17, 15) is 22.7 Å². The molecule has 1 N–H and O–H groups in total. The van der Waals surface area contributed by atoms with Crippen molar-refractivity contribution in [1.82, 2.24) is 0 Å². The number of hydrogen-bond donors (Lipinski definition) is 1. The molecule has 0 aliphatic rings. The van der Waals surface area contributed by atoms with E-state index in [2.05, 4.69) is 0 Å². The first kappa shape index (κ1) is 13.3. The highest BCUT2D eigenvalue weighted by atomic mass is 35.5. The Hall–Kier alpha value is -0.810. The lowest BCUT2D eigenvalue weighted by Gasteiger charge is -2.27. The van der Waals surface area contributed by atoms with Crippen molar-refractivity contribution in [3.8, 4) is 0 Å². The maximum Gasteiger partial charge on any atom is 0.421 e. The summed E-state index contributed by atoms with van der Waals surface area (Å²) in [6, 6.07) is 2.11. The average Bonchev–Trinajstić information content (AvgIpc) is 2.09. The van der Waals surface area contributed by atoms with Crippen LogP contribution in [0.5, 0.6) is 0 Å². The Morgan fingerprint density at radius 3 is 2.19 bits per heavy atom. The van der Waals surface area contributed by atoms with Crippen molar-refractivity contribution in [3.63, 3.8) is 0 Å². The second kappa shape index (κ2) is 3.89. The Balaban J connectivity index is 3.44. The smallest absolute Gasteiger partial charge is 0.376 e. The van der Waals surface area contributed by atoms with Gasteiger partial charge in [-0.2, -0.15) is 13.2 Å². The van der Waals surface area contributed by atoms with Crippen LogP contribution in [0.15, 0.2) is 12.1 Å². The molecule has 0 bridgehead atoms. The minimum Gasteiger partial charge on any atom is -0.376 e. The predicted molar refractivity (Wildman–Crippen MR) is 51.8 cm³/mol. The molecule has 1 atom stereocenters. The normalized spacial score (nSPS) is 16.0. The Morgan fingerprint density at radius 2 is 1.75 bits per heavy atom. The fourth-order valence-corrected chi connectivity index (χ4v) is 1.51. The molecule has 0 saturated heterocycles. The summed E-state index contributed by atoms with van der Waals surface area (Å²) in [4.78, 5) is 0. The van der Waals surface area contributed by atoms with Gasteiger partial charge in [0.05, 0.1) is 5.02 Å². The molecule has 0 saturated carbocycles. The van der Waals surface area contributed by atoms with Crippen LogP contribution in [-0.2, 0) is 5.60 Å². The van der Waals surface area contributed by atoms with Gasteiger partial charge in [0.2, 0.25) is 0 Å². The molecule has 0 heterocycles. The van der Waals surface area contributed by atoms with Crippen LogP contribution < -0.4 is 0 Å². The Bertz CT molecular complexity index is 412. The lowest BCUT2D eigenvalue weighted by Crippen LogP contribution is -2.40. The molecule has 6 heteroatoms. The molecule has 16 heavy (non-hydrogen) atoms. The van der Waals surface area contributed by atoms with E-state index in [0.29, 0.717) is 12.5 Å². The highest BCUT2D eigenvalue weighted by Crippen LogP contribution is 2.41. The van der Waals surface area contributed by atoms with E-state index >= 15 is 0 Å². The van der Waals surface area contributed by atoms with Gasteiger partial charge in [0.15, 0.2) is 5.60 Å². The Morgan fingerprint density at radius 1 is 1.25 bits per heavy atom. The van der Waals surface area contributed by atoms with Gasteiger partial charge >= 0.3 is 6.18 Å². The third-order valence-electron chi connectivity index (χ3n) is 2.25. The van der Waals surface area contributed by atoms with Crippen molar-refractivity contribution in [2.45, 2.75) is 25.6 Å². The summed E-state index contributed by atoms with van der Waals surface area (Å²) in [6.45, 7) is 1.95. The molecule has 0 radical (unpaired) electrons. The van der Waals surface area contributed by atoms with Gasteiger partial charge in [-0.1, -0.05) is 11.6 Å². The zero-order valence-corrected chi connectivity index (χ0v) is 9.25. The molecule has 90 valence electrons. The molecule has 0 aliphatic carbocycles. The van der Waals surface area contributed by atoms with E-state index in [1.54, 1.807) is 0 Å². The second-order valence-electron chi connectivity index (χ2n) is 3.68. The van der Waals surface area contributed by atoms with E-state index < -0.39 is 28.2 Å². The summed E-state index contributed by atoms with van der Waals surface area (Å²) in [5.41, 5.74) is -3.79. The Kier molecular flexibility index (Phi) is 3.22. The van der Waals surface area contributed by atoms with Crippen LogP contribution in [0.25, 0.3) is 0 Å². The molecule has 0 aliphatic heterocycles. The summed E-state index contributed by atoms with van der Waals surface area (Å²) < 4.78 is 50.9. The van der Waals surface area contributed by atoms with E-state index in [0.717, 1.165) is 6.07 Å². The minimum atomic E-state index is -4.97. The molecule has 1 aromatic carbocycles. The van der Waals surface area contributed by atoms with Gasteiger partial charge in [-0.3, -0.25) is 0 Å². The van der Waals surface area contributed by atoms with E-state index in [1.807, 2.05) is 0 Å². The minimum absolute atomic E-state index is 0.339. The molecule has 1 unspecified atom stereocenters. The van der Waals surface area contributed by atoms with Gasteiger partial charge in [0.25, 0.3) is 0 Å². The van der Waals surface area contributed by atoms with Gasteiger partial charge in [-0.25, -0.2) is 4.39 Å². The Labute approximate surface area is 94.7 Å². The predicted octanol–water partition coefficient (Wildman–Crippen LogP) is 3.56. The summed E-state index contributed by atoms with van der Waals surface area (Å²) >= 11 is 5.42. The van der Waals surface area contributed by atoms with Crippen molar-refractivity contribution in [3.05, 3.63) is 34.1 Å². The van der Waals surface area contributed by atoms with E-state index in [1.165, 1.54) is 13.0 Å². The van der Waals surface area contributed by atoms with Crippen LogP contribution >= 0.6 is 11.6 Å². The third-order valence-corrected chi connectivity index (χ3v) is 2.52. The quantitative estimate of drug-likeness (QED) is 0.762. The third kappa shape index (κ3) is 2.15. The average molecular weight is 257 g/mol. The van der Waals surface area contributed by atoms with Gasteiger partial charge in [-0.15, -0.1) is 0 Å². The molecule has 1 rings (SSSR count). The summed E-state index contributed by atoms with van der Waals surface area (Å²) in [5, 5.41) is 8.88. The maximum absolute atomic E-state index is 13.4. The van der Waals surface area contributed by atoms with Crippen molar-refractivity contribution in [1.29, 1.82) is 0 Å². The molecular formula is C10H9ClF4O. The molecule has 0 amide bonds. The van der Waals surface area contributed by atoms with Crippen LogP contribution in [0.4, 0.5) is 17.6 Å². The molecular weight excluding hydrogens is 248 g/mol. The highest BCUT2D eigenvalue weighted by Gasteiger charge is 2.52. The van der Waals surface area contributed by atoms with Gasteiger partial charge in [-0.05, 0) is 31.5 Å². The van der Waals surface area contributed by atoms with Crippen LogP contribution in [0.3, 0.4) is 0 Å².